The van der Waals surface area contributed by atoms with E-state index in [1.165, 1.54) is 17.3 Å². The van der Waals surface area contributed by atoms with Crippen molar-refractivity contribution in [3.05, 3.63) is 89.2 Å². The van der Waals surface area contributed by atoms with Crippen LogP contribution < -0.4 is 5.43 Å². The van der Waals surface area contributed by atoms with Crippen molar-refractivity contribution in [2.24, 2.45) is 5.10 Å². The van der Waals surface area contributed by atoms with Crippen LogP contribution in [-0.2, 0) is 4.79 Å². The van der Waals surface area contributed by atoms with E-state index in [0.29, 0.717) is 11.0 Å². The molecule has 2 aromatic carbocycles. The molecule has 0 aliphatic carbocycles. The van der Waals surface area contributed by atoms with Crippen molar-refractivity contribution in [2.45, 2.75) is 25.9 Å². The molecule has 0 aliphatic heterocycles. The van der Waals surface area contributed by atoms with E-state index < -0.39 is 0 Å². The Labute approximate surface area is 197 Å². The normalized spacial score (nSPS) is 11.1. The van der Waals surface area contributed by atoms with Gasteiger partial charge in [0.05, 0.1) is 12.0 Å². The summed E-state index contributed by atoms with van der Waals surface area (Å²) in [6, 6.07) is 17.8. The summed E-state index contributed by atoms with van der Waals surface area (Å²) in [6.07, 6.45) is 5.13. The third kappa shape index (κ3) is 5.35. The summed E-state index contributed by atoms with van der Waals surface area (Å²) < 4.78 is 1.94. The van der Waals surface area contributed by atoms with Gasteiger partial charge in [0.2, 0.25) is 0 Å². The van der Waals surface area contributed by atoms with E-state index in [0.717, 1.165) is 27.9 Å². The molecule has 0 spiro atoms. The molecule has 0 saturated carbocycles. The molecular weight excluding hydrogens is 432 g/mol. The van der Waals surface area contributed by atoms with Gasteiger partial charge in [-0.15, -0.1) is 10.2 Å². The predicted octanol–water partition coefficient (Wildman–Crippen LogP) is 4.50. The van der Waals surface area contributed by atoms with Crippen LogP contribution in [0, 0.1) is 20.8 Å². The van der Waals surface area contributed by atoms with Crippen LogP contribution >= 0.6 is 11.8 Å². The van der Waals surface area contributed by atoms with Gasteiger partial charge in [-0.3, -0.25) is 14.3 Å². The fraction of sp³-hybridized carbons (Fsp3) is 0.160. The van der Waals surface area contributed by atoms with E-state index >= 15 is 0 Å². The van der Waals surface area contributed by atoms with Crippen molar-refractivity contribution in [3.63, 3.8) is 0 Å². The van der Waals surface area contributed by atoms with Crippen LogP contribution in [0.1, 0.15) is 22.3 Å². The number of carbonyl (C=O) groups is 1. The Balaban J connectivity index is 1.48. The second-order valence-corrected chi connectivity index (χ2v) is 8.55. The number of amides is 1. The number of nitrogens with one attached hydrogen (secondary N) is 1. The molecule has 166 valence electrons. The highest BCUT2D eigenvalue weighted by atomic mass is 32.2. The quantitative estimate of drug-likeness (QED) is 0.251. The average molecular weight is 457 g/mol. The minimum atomic E-state index is -0.216. The fourth-order valence-electron chi connectivity index (χ4n) is 3.59. The van der Waals surface area contributed by atoms with Gasteiger partial charge in [-0.1, -0.05) is 47.7 Å². The molecular formula is C25H24N6OS. The van der Waals surface area contributed by atoms with Gasteiger partial charge in [0, 0.05) is 29.2 Å². The van der Waals surface area contributed by atoms with Gasteiger partial charge >= 0.3 is 0 Å². The maximum atomic E-state index is 12.4. The third-order valence-corrected chi connectivity index (χ3v) is 5.97. The van der Waals surface area contributed by atoms with E-state index in [1.807, 2.05) is 60.9 Å². The van der Waals surface area contributed by atoms with E-state index in [4.69, 9.17) is 0 Å². The van der Waals surface area contributed by atoms with Crippen molar-refractivity contribution in [2.75, 3.05) is 5.75 Å². The second-order valence-electron chi connectivity index (χ2n) is 7.61. The first-order chi connectivity index (χ1) is 16.0. The monoisotopic (exact) mass is 456 g/mol. The molecule has 0 saturated heterocycles. The first-order valence-corrected chi connectivity index (χ1v) is 11.5. The largest absolute Gasteiger partial charge is 0.272 e. The van der Waals surface area contributed by atoms with Gasteiger partial charge in [0.15, 0.2) is 11.0 Å². The predicted molar refractivity (Wildman–Crippen MR) is 132 cm³/mol. The lowest BCUT2D eigenvalue weighted by Crippen LogP contribution is -2.20. The van der Waals surface area contributed by atoms with Crippen LogP contribution in [0.15, 0.2) is 77.2 Å². The van der Waals surface area contributed by atoms with Crippen molar-refractivity contribution >= 4 is 23.9 Å². The van der Waals surface area contributed by atoms with Gasteiger partial charge in [-0.2, -0.15) is 5.10 Å². The number of hydrazone groups is 1. The summed E-state index contributed by atoms with van der Waals surface area (Å²) >= 11 is 1.31. The van der Waals surface area contributed by atoms with Crippen LogP contribution in [0.25, 0.3) is 17.1 Å². The molecule has 1 N–H and O–H groups in total. The van der Waals surface area contributed by atoms with Crippen molar-refractivity contribution in [1.82, 2.24) is 25.2 Å². The first kappa shape index (κ1) is 22.4. The Morgan fingerprint density at radius 3 is 2.42 bits per heavy atom. The average Bonchev–Trinajstić information content (AvgIpc) is 3.24. The number of hydrogen-bond donors (Lipinski definition) is 1. The van der Waals surface area contributed by atoms with Crippen molar-refractivity contribution in [1.29, 1.82) is 0 Å². The van der Waals surface area contributed by atoms with Crippen LogP contribution in [0.3, 0.4) is 0 Å². The van der Waals surface area contributed by atoms with Crippen molar-refractivity contribution in [3.8, 4) is 17.1 Å². The number of nitrogens with zero attached hydrogens (tertiary/aromatic N) is 5. The summed E-state index contributed by atoms with van der Waals surface area (Å²) in [4.78, 5) is 16.5. The fourth-order valence-corrected chi connectivity index (χ4v) is 4.33. The smallest absolute Gasteiger partial charge is 0.250 e. The molecule has 0 aliphatic rings. The SMILES string of the molecule is Cc1cc(C)c(C=NNC(=O)CSc2nnc(-c3ccncc3)n2-c2ccccc2)c(C)c1. The summed E-state index contributed by atoms with van der Waals surface area (Å²) in [6.45, 7) is 6.14. The molecule has 0 fully saturated rings. The first-order valence-electron chi connectivity index (χ1n) is 10.5. The number of benzene rings is 2. The van der Waals surface area contributed by atoms with Gasteiger partial charge in [0.25, 0.3) is 5.91 Å². The Morgan fingerprint density at radius 2 is 1.73 bits per heavy atom. The standard InChI is InChI=1S/C25H24N6OS/c1-17-13-18(2)22(19(3)14-17)15-27-28-23(32)16-33-25-30-29-24(20-9-11-26-12-10-20)31(25)21-7-5-4-6-8-21/h4-15H,16H2,1-3H3,(H,28,32). The topological polar surface area (TPSA) is 85.1 Å². The zero-order chi connectivity index (χ0) is 23.2. The highest BCUT2D eigenvalue weighted by molar-refractivity contribution is 7.99. The van der Waals surface area contributed by atoms with Crippen LogP contribution in [0.2, 0.25) is 0 Å². The lowest BCUT2D eigenvalue weighted by molar-refractivity contribution is -0.118. The number of aromatic nitrogens is 4. The van der Waals surface area contributed by atoms with E-state index in [-0.39, 0.29) is 11.7 Å². The summed E-state index contributed by atoms with van der Waals surface area (Å²) in [7, 11) is 0. The highest BCUT2D eigenvalue weighted by Crippen LogP contribution is 2.27. The zero-order valence-corrected chi connectivity index (χ0v) is 19.5. The van der Waals surface area contributed by atoms with Crippen LogP contribution in [0.4, 0.5) is 0 Å². The number of aryl methyl sites for hydroxylation is 3. The van der Waals surface area contributed by atoms with E-state index in [1.54, 1.807) is 18.6 Å². The number of pyridine rings is 1. The second kappa shape index (κ2) is 10.2. The molecule has 0 bridgehead atoms. The highest BCUT2D eigenvalue weighted by Gasteiger charge is 2.17. The van der Waals surface area contributed by atoms with E-state index in [9.17, 15) is 4.79 Å². The van der Waals surface area contributed by atoms with E-state index in [2.05, 4.69) is 44.8 Å². The Bertz CT molecular complexity index is 1260. The number of hydrogen-bond acceptors (Lipinski definition) is 6. The van der Waals surface area contributed by atoms with Gasteiger partial charge in [-0.25, -0.2) is 5.43 Å². The van der Waals surface area contributed by atoms with Gasteiger partial charge in [-0.05, 0) is 56.2 Å². The summed E-state index contributed by atoms with van der Waals surface area (Å²) in [5, 5.41) is 13.5. The number of thioether (sulfide) groups is 1. The van der Waals surface area contributed by atoms with Crippen molar-refractivity contribution < 1.29 is 4.79 Å². The minimum absolute atomic E-state index is 0.157. The molecule has 7 nitrogen and oxygen atoms in total. The maximum Gasteiger partial charge on any atom is 0.250 e. The Kier molecular flexibility index (Phi) is 6.95. The minimum Gasteiger partial charge on any atom is -0.272 e. The Morgan fingerprint density at radius 1 is 1.03 bits per heavy atom. The molecule has 4 rings (SSSR count). The molecule has 33 heavy (non-hydrogen) atoms. The molecule has 0 unspecified atom stereocenters. The van der Waals surface area contributed by atoms with Gasteiger partial charge in [0.1, 0.15) is 0 Å². The number of rotatable bonds is 7. The Hall–Kier alpha value is -3.78. The molecule has 1 amide bonds. The maximum absolute atomic E-state index is 12.4. The lowest BCUT2D eigenvalue weighted by Gasteiger charge is -2.10. The van der Waals surface area contributed by atoms with Gasteiger partial charge < -0.3 is 0 Å². The molecule has 2 heterocycles. The van der Waals surface area contributed by atoms with Crippen LogP contribution in [0.5, 0.6) is 0 Å². The summed E-state index contributed by atoms with van der Waals surface area (Å²) in [5.74, 6) is 0.631. The summed E-state index contributed by atoms with van der Waals surface area (Å²) in [5.41, 5.74) is 8.89. The number of para-hydroxylation sites is 1. The van der Waals surface area contributed by atoms with Crippen LogP contribution in [-0.4, -0.2) is 37.6 Å². The molecule has 4 aromatic rings. The molecule has 8 heteroatoms. The molecule has 2 aromatic heterocycles. The number of carbonyl (C=O) groups excluding carboxylic acids is 1. The lowest BCUT2D eigenvalue weighted by atomic mass is 10.0. The molecule has 0 atom stereocenters. The molecule has 0 radical (unpaired) electrons. The third-order valence-electron chi connectivity index (χ3n) is 5.04. The zero-order valence-electron chi connectivity index (χ0n) is 18.7.